The second-order valence-corrected chi connectivity index (χ2v) is 39.3. The zero-order valence-electron chi connectivity index (χ0n) is 84.3. The van der Waals surface area contributed by atoms with Crippen molar-refractivity contribution in [3.63, 3.8) is 0 Å². The number of anilines is 8. The van der Waals surface area contributed by atoms with Gasteiger partial charge in [0.15, 0.2) is 0 Å². The van der Waals surface area contributed by atoms with Crippen molar-refractivity contribution in [2.45, 2.75) is 307 Å². The highest BCUT2D eigenvalue weighted by Gasteiger charge is 2.28. The zero-order valence-corrected chi connectivity index (χ0v) is 84.3. The predicted molar refractivity (Wildman–Crippen MR) is 565 cm³/mol. The van der Waals surface area contributed by atoms with Crippen molar-refractivity contribution in [2.24, 2.45) is 17.2 Å². The third-order valence-electron chi connectivity index (χ3n) is 27.8. The summed E-state index contributed by atoms with van der Waals surface area (Å²) in [6.45, 7) is 17.0. The number of piperazine rings is 1. The number of piperidine rings is 2. The largest absolute Gasteiger partial charge is 0.393 e. The molecule has 3 fully saturated rings. The van der Waals surface area contributed by atoms with Crippen LogP contribution >= 0.6 is 0 Å². The Kier molecular flexibility index (Phi) is 47.5. The Balaban J connectivity index is 0.000000168. The van der Waals surface area contributed by atoms with Crippen LogP contribution in [0.2, 0.25) is 0 Å². The number of nitrogens with zero attached hydrogens (tertiary/aromatic N) is 17. The van der Waals surface area contributed by atoms with Crippen molar-refractivity contribution in [1.82, 2.24) is 84.3 Å². The molecule has 8 aromatic heterocycles. The quantitative estimate of drug-likeness (QED) is 0.0605. The first kappa shape index (κ1) is 108. The Morgan fingerprint density at radius 3 is 1.03 bits per heavy atom. The summed E-state index contributed by atoms with van der Waals surface area (Å²) in [5.74, 6) is 6.26. The van der Waals surface area contributed by atoms with Crippen molar-refractivity contribution < 1.29 is 24.3 Å². The molecule has 15 rings (SSSR count). The van der Waals surface area contributed by atoms with Crippen LogP contribution in [0.1, 0.15) is 285 Å². The minimum atomic E-state index is -0.367. The molecule has 0 spiro atoms. The molecule has 0 aliphatic carbocycles. The molecule has 4 atom stereocenters. The molecule has 0 radical (unpaired) electrons. The number of Topliss-reactive ketones (excluding diaryl/α,β-unsaturated/α-hetero) is 3. The number of ketones is 3. The monoisotopic (exact) mass is 1920 g/mol. The lowest BCUT2D eigenvalue weighted by Gasteiger charge is -2.35. The highest BCUT2D eigenvalue weighted by molar-refractivity contribution is 5.94. The predicted octanol–water partition coefficient (Wildman–Crippen LogP) is 16.5. The molecule has 7 aliphatic heterocycles. The van der Waals surface area contributed by atoms with Gasteiger partial charge in [-0.15, -0.1) is 0 Å². The van der Waals surface area contributed by atoms with Gasteiger partial charge in [0.1, 0.15) is 40.6 Å². The van der Waals surface area contributed by atoms with Crippen LogP contribution in [0, 0.1) is 0 Å². The molecule has 15 N–H and O–H groups in total. The van der Waals surface area contributed by atoms with Gasteiger partial charge in [0.2, 0.25) is 23.8 Å². The van der Waals surface area contributed by atoms with Crippen LogP contribution in [-0.2, 0) is 27.5 Å². The lowest BCUT2D eigenvalue weighted by molar-refractivity contribution is -0.121. The molecular formula is C107H164N28O5. The van der Waals surface area contributed by atoms with Gasteiger partial charge in [-0.05, 0) is 242 Å². The highest BCUT2D eigenvalue weighted by atomic mass is 16.3. The maximum absolute atomic E-state index is 13.1. The summed E-state index contributed by atoms with van der Waals surface area (Å²) >= 11 is 0. The first-order chi connectivity index (χ1) is 68.5. The van der Waals surface area contributed by atoms with Gasteiger partial charge in [0, 0.05) is 174 Å². The van der Waals surface area contributed by atoms with E-state index in [2.05, 4.69) is 135 Å². The Bertz CT molecular complexity index is 4910. The van der Waals surface area contributed by atoms with Gasteiger partial charge in [0.25, 0.3) is 5.91 Å². The van der Waals surface area contributed by atoms with Gasteiger partial charge in [-0.1, -0.05) is 108 Å². The smallest absolute Gasteiger partial charge is 0.255 e. The number of nitrogens with one attached hydrogen (secondary N) is 8. The molecule has 1 unspecified atom stereocenters. The van der Waals surface area contributed by atoms with Crippen molar-refractivity contribution >= 4 is 70.3 Å². The lowest BCUT2D eigenvalue weighted by Crippen LogP contribution is -2.44. The van der Waals surface area contributed by atoms with Crippen LogP contribution in [0.25, 0.3) is 45.0 Å². The van der Waals surface area contributed by atoms with E-state index in [1.165, 1.54) is 62.7 Å². The first-order valence-corrected chi connectivity index (χ1v) is 53.3. The van der Waals surface area contributed by atoms with Crippen molar-refractivity contribution in [3.05, 3.63) is 121 Å². The average molecular weight is 1920 g/mol. The summed E-state index contributed by atoms with van der Waals surface area (Å²) in [6.07, 6.45) is 55.5. The number of aromatic nitrogens is 12. The Hall–Kier alpha value is -10.5. The van der Waals surface area contributed by atoms with Crippen LogP contribution in [-0.4, -0.2) is 269 Å². The summed E-state index contributed by atoms with van der Waals surface area (Å²) in [7, 11) is 6.19. The minimum Gasteiger partial charge on any atom is -0.393 e. The standard InChI is InChI=1S/C30H46N8O2.C28H44N8O.C28H43N7O.C21H31N5O/c1-37-18-14-23(15-19-37)38(2)29(40)22-12-13-26(34-20-22)24-21-35-30-33-17-8-5-3-4-6-11-27(39)25(31)10-7-9-16-32-28(24)36-30;1-35-15-17-36(18-16-35)21-22-11-12-25(32-19-22)23-20-33-28-31-14-7-4-2-3-5-10-26(37)24(29)9-6-8-13-30-27(23)34-28;29-24-11-6-8-15-30-27-23(25-14-13-22(19-32-25)21-35-17-9-4-10-18-35)20-33-28(34-27)31-16-7-3-1-2-5-12-26(24)36;27-17-10-4-2-1-3-7-15-24-21-25-16-18(19-12-6-9-13-22-19)20(26-21)23-14-8-5-11-17/h12-13,20-21,23,25H,3-11,14-19,31H2,1-2H3,(H2,32,33,35,36);11-12,19-20,24H,2-10,13-18,21,29H2,1H3,(H2,30,31,33,34);13-14,19-20,24H,1-12,15-18,21,29H2,(H2,30,31,33,34);6,9,12-13,16-17,27H,1-5,7-8,10-11,14-15H2,(H2,23,24,25,26)/t25-;2*24-;/m000./s1. The van der Waals surface area contributed by atoms with Gasteiger partial charge in [-0.2, -0.15) is 19.9 Å². The molecule has 8 aromatic rings. The van der Waals surface area contributed by atoms with Gasteiger partial charge in [-0.25, -0.2) is 19.9 Å². The fourth-order valence-corrected chi connectivity index (χ4v) is 18.8. The molecule has 33 heteroatoms. The number of carbonyl (C=O) groups excluding carboxylic acids is 4. The number of likely N-dealkylation sites (tertiary alicyclic amines) is 2. The highest BCUT2D eigenvalue weighted by Crippen LogP contribution is 2.33. The maximum Gasteiger partial charge on any atom is 0.255 e. The van der Waals surface area contributed by atoms with Gasteiger partial charge < -0.3 is 79.5 Å². The number of aliphatic hydroxyl groups excluding tert-OH is 1. The van der Waals surface area contributed by atoms with E-state index >= 15 is 0 Å². The topological polar surface area (TPSA) is 434 Å². The summed E-state index contributed by atoms with van der Waals surface area (Å²) in [6, 6.07) is 17.3. The second-order valence-electron chi connectivity index (χ2n) is 39.3. The van der Waals surface area contributed by atoms with E-state index in [0.717, 1.165) is 354 Å². The van der Waals surface area contributed by atoms with Crippen LogP contribution in [0.3, 0.4) is 0 Å². The van der Waals surface area contributed by atoms with E-state index < -0.39 is 0 Å². The number of aliphatic hydroxyl groups is 1. The molecule has 33 nitrogen and oxygen atoms in total. The number of rotatable bonds is 10. The molecule has 15 heterocycles. The van der Waals surface area contributed by atoms with Crippen molar-refractivity contribution in [3.8, 4) is 45.0 Å². The number of likely N-dealkylation sites (N-methyl/N-ethyl adjacent to an activating group) is 1. The molecule has 0 aromatic carbocycles. The van der Waals surface area contributed by atoms with Crippen molar-refractivity contribution in [2.75, 3.05) is 168 Å². The van der Waals surface area contributed by atoms with Crippen LogP contribution in [0.4, 0.5) is 47.1 Å². The van der Waals surface area contributed by atoms with E-state index in [4.69, 9.17) is 42.1 Å². The molecule has 762 valence electrons. The van der Waals surface area contributed by atoms with Crippen LogP contribution in [0.5, 0.6) is 0 Å². The number of amides is 1. The van der Waals surface area contributed by atoms with E-state index in [0.29, 0.717) is 73.1 Å². The zero-order chi connectivity index (χ0) is 97.9. The number of fused-ring (bicyclic) bond motifs is 8. The molecule has 8 bridgehead atoms. The number of hydrogen-bond donors (Lipinski definition) is 12. The van der Waals surface area contributed by atoms with E-state index in [-0.39, 0.29) is 53.5 Å². The van der Waals surface area contributed by atoms with E-state index in [1.54, 1.807) is 18.6 Å². The minimum absolute atomic E-state index is 0.000833. The fourth-order valence-electron chi connectivity index (χ4n) is 18.8. The van der Waals surface area contributed by atoms with Gasteiger partial charge >= 0.3 is 0 Å². The van der Waals surface area contributed by atoms with Gasteiger partial charge in [-0.3, -0.25) is 48.9 Å². The molecule has 3 saturated heterocycles. The number of pyridine rings is 4. The Morgan fingerprint density at radius 2 is 0.657 bits per heavy atom. The number of hydrogen-bond acceptors (Lipinski definition) is 32. The summed E-state index contributed by atoms with van der Waals surface area (Å²) in [5, 5.41) is 37.4. The third-order valence-corrected chi connectivity index (χ3v) is 27.8. The summed E-state index contributed by atoms with van der Waals surface area (Å²) in [4.78, 5) is 117. The van der Waals surface area contributed by atoms with Gasteiger partial charge in [0.05, 0.1) is 74.8 Å². The van der Waals surface area contributed by atoms with Crippen LogP contribution < -0.4 is 59.7 Å². The average Bonchev–Trinajstić information content (AvgIpc) is 0.857. The first-order valence-electron chi connectivity index (χ1n) is 53.3. The molecular weight excluding hydrogens is 1760 g/mol. The van der Waals surface area contributed by atoms with Crippen LogP contribution in [0.15, 0.2) is 104 Å². The fraction of sp³-hybridized carbons (Fsp3) is 0.626. The molecule has 140 heavy (non-hydrogen) atoms. The van der Waals surface area contributed by atoms with E-state index in [1.807, 2.05) is 73.3 Å². The van der Waals surface area contributed by atoms with Crippen molar-refractivity contribution in [1.29, 1.82) is 0 Å². The molecule has 1 amide bonds. The second kappa shape index (κ2) is 61.4. The normalized spacial score (nSPS) is 21.2. The number of carbonyl (C=O) groups is 4. The summed E-state index contributed by atoms with van der Waals surface area (Å²) < 4.78 is 0. The number of nitrogens with two attached hydrogens (primary N) is 3. The molecule has 7 aliphatic rings. The molecule has 0 saturated carbocycles. The Morgan fingerprint density at radius 1 is 0.336 bits per heavy atom. The maximum atomic E-state index is 13.1. The Labute approximate surface area is 832 Å². The summed E-state index contributed by atoms with van der Waals surface area (Å²) in [5.41, 5.74) is 28.3. The van der Waals surface area contributed by atoms with E-state index in [9.17, 15) is 24.3 Å². The SMILES string of the molecule is CN1CCC(N(C)C(=O)c2ccc(-c3cnc4nc3NCCCC[C@H](N)C(=O)CCCCCCCN4)nc2)CC1.CN1CCN(Cc2ccc(-c3cnc4nc3NCCCC[C@H](N)C(=O)CCCCCCCN4)nc2)CC1.N[C@H]1CCCCNc2nc(ncc2-c2ccc(CN3CCCCC3)cn2)NCCCCCCCC1=O.OC1CCCCCCCNc2ncc(-c3ccccn3)c(n2)NCCCC1. The third kappa shape index (κ3) is 38.1. The lowest BCUT2D eigenvalue weighted by atomic mass is 10.0.